The quantitative estimate of drug-likeness (QED) is 0.711. The summed E-state index contributed by atoms with van der Waals surface area (Å²) >= 11 is 3.66. The lowest BCUT2D eigenvalue weighted by Crippen LogP contribution is -2.33. The van der Waals surface area contributed by atoms with Crippen LogP contribution in [0.5, 0.6) is 0 Å². The van der Waals surface area contributed by atoms with Crippen LogP contribution in [-0.2, 0) is 6.42 Å². The first kappa shape index (κ1) is 10.2. The van der Waals surface area contributed by atoms with E-state index in [-0.39, 0.29) is 0 Å². The van der Waals surface area contributed by atoms with Gasteiger partial charge in [0.1, 0.15) is 0 Å². The lowest BCUT2D eigenvalue weighted by molar-refractivity contribution is 0.170. The Morgan fingerprint density at radius 2 is 2.14 bits per heavy atom. The van der Waals surface area contributed by atoms with Gasteiger partial charge in [0.25, 0.3) is 0 Å². The molecule has 1 aliphatic rings. The highest BCUT2D eigenvalue weighted by Crippen LogP contribution is 2.44. The molecule has 0 saturated heterocycles. The lowest BCUT2D eigenvalue weighted by atomic mass is 9.67. The molecule has 0 spiro atoms. The van der Waals surface area contributed by atoms with Crippen LogP contribution < -0.4 is 0 Å². The van der Waals surface area contributed by atoms with E-state index in [0.29, 0.717) is 5.41 Å². The van der Waals surface area contributed by atoms with E-state index in [1.807, 2.05) is 0 Å². The zero-order valence-electron chi connectivity index (χ0n) is 8.72. The second-order valence-electron chi connectivity index (χ2n) is 4.65. The third-order valence-electron chi connectivity index (χ3n) is 3.36. The Bertz CT molecular complexity index is 307. The predicted octanol–water partition coefficient (Wildman–Crippen LogP) is 4.10. The summed E-state index contributed by atoms with van der Waals surface area (Å²) in [6.45, 7) is 2.17. The summed E-state index contributed by atoms with van der Waals surface area (Å²) in [7, 11) is 0. The number of halogens is 1. The van der Waals surface area contributed by atoms with Gasteiger partial charge in [0, 0.05) is 5.33 Å². The first-order valence-corrected chi connectivity index (χ1v) is 6.48. The second kappa shape index (κ2) is 4.06. The van der Waals surface area contributed by atoms with Crippen molar-refractivity contribution in [3.05, 3.63) is 35.4 Å². The molecular weight excluding hydrogens is 236 g/mol. The van der Waals surface area contributed by atoms with Crippen LogP contribution in [0.2, 0.25) is 0 Å². The highest BCUT2D eigenvalue weighted by atomic mass is 79.9. The SMILES string of the molecule is Cc1cccc(CC2(CBr)CCC2)c1. The summed E-state index contributed by atoms with van der Waals surface area (Å²) in [4.78, 5) is 0. The molecule has 1 fully saturated rings. The first-order chi connectivity index (χ1) is 6.74. The van der Waals surface area contributed by atoms with Gasteiger partial charge in [-0.15, -0.1) is 0 Å². The molecule has 14 heavy (non-hydrogen) atoms. The summed E-state index contributed by atoms with van der Waals surface area (Å²) in [5, 5.41) is 1.16. The molecule has 0 aliphatic heterocycles. The molecule has 1 aliphatic carbocycles. The fourth-order valence-electron chi connectivity index (χ4n) is 2.29. The molecule has 0 N–H and O–H groups in total. The lowest BCUT2D eigenvalue weighted by Gasteiger charge is -2.40. The Morgan fingerprint density at radius 1 is 1.36 bits per heavy atom. The second-order valence-corrected chi connectivity index (χ2v) is 5.21. The molecule has 0 atom stereocenters. The van der Waals surface area contributed by atoms with Crippen molar-refractivity contribution in [2.24, 2.45) is 5.41 Å². The zero-order chi connectivity index (χ0) is 10.0. The van der Waals surface area contributed by atoms with Gasteiger partial charge in [-0.05, 0) is 37.2 Å². The smallest absolute Gasteiger partial charge is 0.00911 e. The van der Waals surface area contributed by atoms with Crippen LogP contribution >= 0.6 is 15.9 Å². The minimum atomic E-state index is 0.577. The maximum absolute atomic E-state index is 3.66. The third kappa shape index (κ3) is 2.03. The van der Waals surface area contributed by atoms with Gasteiger partial charge in [0.2, 0.25) is 0 Å². The van der Waals surface area contributed by atoms with E-state index in [4.69, 9.17) is 0 Å². The molecule has 1 aromatic carbocycles. The van der Waals surface area contributed by atoms with Crippen LogP contribution in [0.1, 0.15) is 30.4 Å². The molecule has 1 heteroatoms. The summed E-state index contributed by atoms with van der Waals surface area (Å²) in [5.74, 6) is 0. The van der Waals surface area contributed by atoms with Crippen molar-refractivity contribution in [2.45, 2.75) is 32.6 Å². The van der Waals surface area contributed by atoms with Gasteiger partial charge < -0.3 is 0 Å². The third-order valence-corrected chi connectivity index (χ3v) is 4.55. The van der Waals surface area contributed by atoms with Gasteiger partial charge in [0.15, 0.2) is 0 Å². The van der Waals surface area contributed by atoms with E-state index in [1.165, 1.54) is 36.8 Å². The largest absolute Gasteiger partial charge is 0.0922 e. The van der Waals surface area contributed by atoms with Crippen LogP contribution in [0.25, 0.3) is 0 Å². The van der Waals surface area contributed by atoms with E-state index in [9.17, 15) is 0 Å². The van der Waals surface area contributed by atoms with Crippen LogP contribution in [0.3, 0.4) is 0 Å². The minimum absolute atomic E-state index is 0.577. The average molecular weight is 253 g/mol. The summed E-state index contributed by atoms with van der Waals surface area (Å²) < 4.78 is 0. The monoisotopic (exact) mass is 252 g/mol. The molecule has 1 aromatic rings. The Morgan fingerprint density at radius 3 is 2.64 bits per heavy atom. The molecule has 2 rings (SSSR count). The Balaban J connectivity index is 2.09. The zero-order valence-corrected chi connectivity index (χ0v) is 10.3. The Labute approximate surface area is 94.8 Å². The standard InChI is InChI=1S/C13H17Br/c1-11-4-2-5-12(8-11)9-13(10-14)6-3-7-13/h2,4-5,8H,3,6-7,9-10H2,1H3. The number of alkyl halides is 1. The summed E-state index contributed by atoms with van der Waals surface area (Å²) in [5.41, 5.74) is 3.46. The summed E-state index contributed by atoms with van der Waals surface area (Å²) in [6.07, 6.45) is 5.45. The Kier molecular flexibility index (Phi) is 2.96. The van der Waals surface area contributed by atoms with Crippen molar-refractivity contribution in [3.8, 4) is 0 Å². The molecule has 0 unspecified atom stereocenters. The van der Waals surface area contributed by atoms with Crippen LogP contribution in [-0.4, -0.2) is 5.33 Å². The van der Waals surface area contributed by atoms with Crippen molar-refractivity contribution in [3.63, 3.8) is 0 Å². The van der Waals surface area contributed by atoms with E-state index in [0.717, 1.165) is 5.33 Å². The van der Waals surface area contributed by atoms with Crippen LogP contribution in [0, 0.1) is 12.3 Å². The molecule has 0 radical (unpaired) electrons. The predicted molar refractivity (Wildman–Crippen MR) is 65.0 cm³/mol. The van der Waals surface area contributed by atoms with Gasteiger partial charge in [-0.1, -0.05) is 52.2 Å². The van der Waals surface area contributed by atoms with Gasteiger partial charge in [-0.2, -0.15) is 0 Å². The number of hydrogen-bond acceptors (Lipinski definition) is 0. The minimum Gasteiger partial charge on any atom is -0.0922 e. The molecular formula is C13H17Br. The van der Waals surface area contributed by atoms with E-state index < -0.39 is 0 Å². The summed E-state index contributed by atoms with van der Waals surface area (Å²) in [6, 6.07) is 8.93. The fraction of sp³-hybridized carbons (Fsp3) is 0.538. The van der Waals surface area contributed by atoms with E-state index >= 15 is 0 Å². The van der Waals surface area contributed by atoms with Crippen molar-refractivity contribution < 1.29 is 0 Å². The molecule has 0 bridgehead atoms. The normalized spacial score (nSPS) is 19.0. The van der Waals surface area contributed by atoms with Gasteiger partial charge in [0.05, 0.1) is 0 Å². The molecule has 1 saturated carbocycles. The van der Waals surface area contributed by atoms with Crippen LogP contribution in [0.15, 0.2) is 24.3 Å². The van der Waals surface area contributed by atoms with E-state index in [2.05, 4.69) is 47.1 Å². The topological polar surface area (TPSA) is 0 Å². The first-order valence-electron chi connectivity index (χ1n) is 5.36. The molecule has 0 amide bonds. The number of benzene rings is 1. The number of hydrogen-bond donors (Lipinski definition) is 0. The van der Waals surface area contributed by atoms with Crippen molar-refractivity contribution >= 4 is 15.9 Å². The van der Waals surface area contributed by atoms with Crippen LogP contribution in [0.4, 0.5) is 0 Å². The maximum Gasteiger partial charge on any atom is 0.00911 e. The van der Waals surface area contributed by atoms with Gasteiger partial charge >= 0.3 is 0 Å². The molecule has 0 nitrogen and oxygen atoms in total. The van der Waals surface area contributed by atoms with Gasteiger partial charge in [-0.3, -0.25) is 0 Å². The van der Waals surface area contributed by atoms with Crippen molar-refractivity contribution in [2.75, 3.05) is 5.33 Å². The fourth-order valence-corrected chi connectivity index (χ4v) is 3.05. The highest BCUT2D eigenvalue weighted by Gasteiger charge is 2.35. The highest BCUT2D eigenvalue weighted by molar-refractivity contribution is 9.09. The van der Waals surface area contributed by atoms with Gasteiger partial charge in [-0.25, -0.2) is 0 Å². The van der Waals surface area contributed by atoms with Crippen molar-refractivity contribution in [1.82, 2.24) is 0 Å². The molecule has 0 aromatic heterocycles. The van der Waals surface area contributed by atoms with Crippen molar-refractivity contribution in [1.29, 1.82) is 0 Å². The molecule has 0 heterocycles. The maximum atomic E-state index is 3.66. The molecule has 76 valence electrons. The number of rotatable bonds is 3. The van der Waals surface area contributed by atoms with E-state index in [1.54, 1.807) is 0 Å². The number of aryl methyl sites for hydroxylation is 1. The Hall–Kier alpha value is -0.300. The average Bonchev–Trinajstić information content (AvgIpc) is 2.11.